The molecule has 0 aliphatic heterocycles. The SMILES string of the molecule is Cc1cc(OCc2cccc(Br)c2)c(/C(N)=N/O)c(C)n1. The van der Waals surface area contributed by atoms with Gasteiger partial charge in [-0.15, -0.1) is 0 Å². The number of ether oxygens (including phenoxy) is 1. The van der Waals surface area contributed by atoms with E-state index in [4.69, 9.17) is 15.7 Å². The standard InChI is InChI=1S/C15H16BrN3O2/c1-9-6-13(14(10(2)18-9)15(17)19-20)21-8-11-4-3-5-12(16)7-11/h3-7,20H,8H2,1-2H3,(H2,17,19). The monoisotopic (exact) mass is 349 g/mol. The highest BCUT2D eigenvalue weighted by molar-refractivity contribution is 9.10. The maximum Gasteiger partial charge on any atom is 0.175 e. The molecule has 0 saturated carbocycles. The quantitative estimate of drug-likeness (QED) is 0.384. The zero-order chi connectivity index (χ0) is 15.4. The van der Waals surface area contributed by atoms with Crippen molar-refractivity contribution in [2.24, 2.45) is 10.9 Å². The van der Waals surface area contributed by atoms with Crippen molar-refractivity contribution in [3.05, 3.63) is 57.3 Å². The second kappa shape index (κ2) is 6.58. The van der Waals surface area contributed by atoms with Crippen molar-refractivity contribution in [2.45, 2.75) is 20.5 Å². The van der Waals surface area contributed by atoms with Gasteiger partial charge in [-0.05, 0) is 31.5 Å². The van der Waals surface area contributed by atoms with E-state index in [0.717, 1.165) is 15.7 Å². The lowest BCUT2D eigenvalue weighted by molar-refractivity contribution is 0.302. The summed E-state index contributed by atoms with van der Waals surface area (Å²) in [5.41, 5.74) is 8.71. The fourth-order valence-corrected chi connectivity index (χ4v) is 2.50. The molecular formula is C15H16BrN3O2. The smallest absolute Gasteiger partial charge is 0.175 e. The molecule has 2 aromatic rings. The minimum absolute atomic E-state index is 0.00996. The number of benzene rings is 1. The first-order chi connectivity index (χ1) is 10.0. The molecule has 0 saturated heterocycles. The van der Waals surface area contributed by atoms with Crippen LogP contribution in [0.1, 0.15) is 22.5 Å². The van der Waals surface area contributed by atoms with Gasteiger partial charge in [-0.25, -0.2) is 0 Å². The van der Waals surface area contributed by atoms with E-state index in [-0.39, 0.29) is 5.84 Å². The second-order valence-corrected chi connectivity index (χ2v) is 5.54. The number of oxime groups is 1. The second-order valence-electron chi connectivity index (χ2n) is 4.63. The first-order valence-corrected chi connectivity index (χ1v) is 7.14. The number of aromatic nitrogens is 1. The Balaban J connectivity index is 2.31. The fourth-order valence-electron chi connectivity index (χ4n) is 2.06. The van der Waals surface area contributed by atoms with Crippen LogP contribution >= 0.6 is 15.9 Å². The molecule has 0 unspecified atom stereocenters. The van der Waals surface area contributed by atoms with E-state index < -0.39 is 0 Å². The summed E-state index contributed by atoms with van der Waals surface area (Å²) < 4.78 is 6.82. The highest BCUT2D eigenvalue weighted by atomic mass is 79.9. The van der Waals surface area contributed by atoms with E-state index in [1.807, 2.05) is 31.2 Å². The predicted octanol–water partition coefficient (Wildman–Crippen LogP) is 3.13. The van der Waals surface area contributed by atoms with E-state index in [2.05, 4.69) is 26.1 Å². The zero-order valence-corrected chi connectivity index (χ0v) is 13.4. The van der Waals surface area contributed by atoms with Crippen LogP contribution < -0.4 is 10.5 Å². The van der Waals surface area contributed by atoms with Crippen LogP contribution in [0.15, 0.2) is 40.0 Å². The summed E-state index contributed by atoms with van der Waals surface area (Å²) in [6, 6.07) is 9.61. The van der Waals surface area contributed by atoms with Gasteiger partial charge in [-0.2, -0.15) is 0 Å². The number of nitrogens with two attached hydrogens (primary N) is 1. The van der Waals surface area contributed by atoms with Gasteiger partial charge in [0.25, 0.3) is 0 Å². The first kappa shape index (κ1) is 15.3. The molecule has 6 heteroatoms. The summed E-state index contributed by atoms with van der Waals surface area (Å²) in [6.45, 7) is 4.05. The molecular weight excluding hydrogens is 334 g/mol. The lowest BCUT2D eigenvalue weighted by Crippen LogP contribution is -2.17. The molecule has 0 fully saturated rings. The predicted molar refractivity (Wildman–Crippen MR) is 84.7 cm³/mol. The third kappa shape index (κ3) is 3.72. The van der Waals surface area contributed by atoms with Gasteiger partial charge < -0.3 is 15.7 Å². The van der Waals surface area contributed by atoms with Gasteiger partial charge in [0.15, 0.2) is 5.84 Å². The molecule has 21 heavy (non-hydrogen) atoms. The van der Waals surface area contributed by atoms with Crippen LogP contribution in [0.4, 0.5) is 0 Å². The molecule has 0 bridgehead atoms. The van der Waals surface area contributed by atoms with Crippen LogP contribution in [0, 0.1) is 13.8 Å². The van der Waals surface area contributed by atoms with Crippen molar-refractivity contribution in [3.63, 3.8) is 0 Å². The van der Waals surface area contributed by atoms with Crippen LogP contribution in [-0.4, -0.2) is 16.0 Å². The molecule has 0 spiro atoms. The molecule has 0 aliphatic rings. The highest BCUT2D eigenvalue weighted by Gasteiger charge is 2.14. The minimum Gasteiger partial charge on any atom is -0.488 e. The van der Waals surface area contributed by atoms with Gasteiger partial charge in [-0.3, -0.25) is 4.98 Å². The molecule has 1 heterocycles. The number of aryl methyl sites for hydroxylation is 2. The Labute approximate surface area is 131 Å². The third-order valence-electron chi connectivity index (χ3n) is 2.94. The van der Waals surface area contributed by atoms with Crippen LogP contribution in [0.2, 0.25) is 0 Å². The first-order valence-electron chi connectivity index (χ1n) is 6.34. The van der Waals surface area contributed by atoms with E-state index >= 15 is 0 Å². The number of hydrogen-bond acceptors (Lipinski definition) is 4. The van der Waals surface area contributed by atoms with Crippen LogP contribution in [0.3, 0.4) is 0 Å². The number of rotatable bonds is 4. The summed E-state index contributed by atoms with van der Waals surface area (Å²) >= 11 is 3.42. The Morgan fingerprint density at radius 1 is 1.38 bits per heavy atom. The Kier molecular flexibility index (Phi) is 4.80. The summed E-state index contributed by atoms with van der Waals surface area (Å²) in [5, 5.41) is 11.9. The summed E-state index contributed by atoms with van der Waals surface area (Å²) in [6.07, 6.45) is 0. The molecule has 3 N–H and O–H groups in total. The topological polar surface area (TPSA) is 80.7 Å². The number of halogens is 1. The lowest BCUT2D eigenvalue weighted by Gasteiger charge is -2.13. The Morgan fingerprint density at radius 2 is 2.14 bits per heavy atom. The third-order valence-corrected chi connectivity index (χ3v) is 3.43. The molecule has 0 radical (unpaired) electrons. The van der Waals surface area contributed by atoms with Gasteiger partial charge in [0.2, 0.25) is 0 Å². The van der Waals surface area contributed by atoms with Gasteiger partial charge in [0.05, 0.1) is 11.3 Å². The van der Waals surface area contributed by atoms with Crippen LogP contribution in [0.25, 0.3) is 0 Å². The average Bonchev–Trinajstić information content (AvgIpc) is 2.44. The Hall–Kier alpha value is -2.08. The number of nitrogens with zero attached hydrogens (tertiary/aromatic N) is 2. The molecule has 1 aromatic carbocycles. The molecule has 0 aliphatic carbocycles. The van der Waals surface area contributed by atoms with E-state index in [1.165, 1.54) is 0 Å². The van der Waals surface area contributed by atoms with Crippen molar-refractivity contribution in [1.29, 1.82) is 0 Å². The van der Waals surface area contributed by atoms with E-state index in [1.54, 1.807) is 13.0 Å². The maximum atomic E-state index is 8.90. The minimum atomic E-state index is -0.00996. The van der Waals surface area contributed by atoms with Crippen molar-refractivity contribution < 1.29 is 9.94 Å². The van der Waals surface area contributed by atoms with Crippen molar-refractivity contribution in [2.75, 3.05) is 0 Å². The Bertz CT molecular complexity index is 687. The van der Waals surface area contributed by atoms with Gasteiger partial charge in [0.1, 0.15) is 12.4 Å². The fraction of sp³-hybridized carbons (Fsp3) is 0.200. The zero-order valence-electron chi connectivity index (χ0n) is 11.8. The highest BCUT2D eigenvalue weighted by Crippen LogP contribution is 2.23. The molecule has 110 valence electrons. The molecule has 2 rings (SSSR count). The normalized spacial score (nSPS) is 11.5. The average molecular weight is 350 g/mol. The number of pyridine rings is 1. The van der Waals surface area contributed by atoms with Crippen molar-refractivity contribution in [3.8, 4) is 5.75 Å². The van der Waals surface area contributed by atoms with Crippen molar-refractivity contribution >= 4 is 21.8 Å². The maximum absolute atomic E-state index is 8.90. The van der Waals surface area contributed by atoms with Gasteiger partial charge in [0, 0.05) is 16.2 Å². The largest absolute Gasteiger partial charge is 0.488 e. The summed E-state index contributed by atoms with van der Waals surface area (Å²) in [5.74, 6) is 0.541. The lowest BCUT2D eigenvalue weighted by atomic mass is 10.1. The van der Waals surface area contributed by atoms with E-state index in [0.29, 0.717) is 23.6 Å². The summed E-state index contributed by atoms with van der Waals surface area (Å²) in [7, 11) is 0. The van der Waals surface area contributed by atoms with Gasteiger partial charge in [-0.1, -0.05) is 33.2 Å². The molecule has 0 atom stereocenters. The van der Waals surface area contributed by atoms with Crippen LogP contribution in [0.5, 0.6) is 5.75 Å². The Morgan fingerprint density at radius 3 is 2.81 bits per heavy atom. The molecule has 1 aromatic heterocycles. The number of hydrogen-bond donors (Lipinski definition) is 2. The van der Waals surface area contributed by atoms with E-state index in [9.17, 15) is 0 Å². The van der Waals surface area contributed by atoms with Gasteiger partial charge >= 0.3 is 0 Å². The van der Waals surface area contributed by atoms with Crippen molar-refractivity contribution in [1.82, 2.24) is 4.98 Å². The molecule has 5 nitrogen and oxygen atoms in total. The number of amidine groups is 1. The van der Waals surface area contributed by atoms with Crippen LogP contribution in [-0.2, 0) is 6.61 Å². The summed E-state index contributed by atoms with van der Waals surface area (Å²) in [4.78, 5) is 4.31. The molecule has 0 amide bonds.